The van der Waals surface area contributed by atoms with E-state index in [9.17, 15) is 13.2 Å². The second kappa shape index (κ2) is 3.43. The van der Waals surface area contributed by atoms with Gasteiger partial charge in [-0.3, -0.25) is 4.79 Å². The van der Waals surface area contributed by atoms with E-state index in [1.165, 1.54) is 0 Å². The highest BCUT2D eigenvalue weighted by Gasteiger charge is 2.31. The molecule has 0 amide bonds. The third-order valence-corrected chi connectivity index (χ3v) is 3.70. The molecule has 0 saturated heterocycles. The molecule has 1 rings (SSSR count). The van der Waals surface area contributed by atoms with Gasteiger partial charge in [0, 0.05) is 6.92 Å². The van der Waals surface area contributed by atoms with Crippen LogP contribution in [0.4, 0.5) is 0 Å². The van der Waals surface area contributed by atoms with E-state index in [4.69, 9.17) is 0 Å². The first kappa shape index (κ1) is 9.51. The Morgan fingerprint density at radius 2 is 1.83 bits per heavy atom. The summed E-state index contributed by atoms with van der Waals surface area (Å²) in [7, 11) is -3.61. The van der Waals surface area contributed by atoms with Crippen molar-refractivity contribution in [1.82, 2.24) is 0 Å². The van der Waals surface area contributed by atoms with Crippen LogP contribution >= 0.6 is 0 Å². The summed E-state index contributed by atoms with van der Waals surface area (Å²) in [6.07, 6.45) is 3.06. The Morgan fingerprint density at radius 3 is 2.25 bits per heavy atom. The lowest BCUT2D eigenvalue weighted by atomic mass is 10.4. The molecule has 4 nitrogen and oxygen atoms in total. The molecule has 1 aliphatic carbocycles. The molecule has 0 aromatic rings. The first-order chi connectivity index (χ1) is 5.52. The van der Waals surface area contributed by atoms with E-state index in [1.807, 2.05) is 0 Å². The van der Waals surface area contributed by atoms with Gasteiger partial charge in [0.2, 0.25) is 0 Å². The van der Waals surface area contributed by atoms with Gasteiger partial charge in [0.05, 0.1) is 5.25 Å². The van der Waals surface area contributed by atoms with E-state index in [0.717, 1.165) is 19.8 Å². The summed E-state index contributed by atoms with van der Waals surface area (Å²) >= 11 is 0. The number of rotatable bonds is 2. The van der Waals surface area contributed by atoms with Gasteiger partial charge in [-0.1, -0.05) is 12.8 Å². The van der Waals surface area contributed by atoms with Gasteiger partial charge in [-0.15, -0.1) is 0 Å². The normalized spacial score (nSPS) is 19.4. The Hall–Kier alpha value is -0.580. The number of hydrogen-bond acceptors (Lipinski definition) is 4. The summed E-state index contributed by atoms with van der Waals surface area (Å²) in [4.78, 5) is 10.4. The molecule has 12 heavy (non-hydrogen) atoms. The maximum Gasteiger partial charge on any atom is 0.319 e. The third kappa shape index (κ3) is 2.20. The minimum absolute atomic E-state index is 0.457. The van der Waals surface area contributed by atoms with Crippen LogP contribution < -0.4 is 0 Å². The van der Waals surface area contributed by atoms with Gasteiger partial charge in [-0.25, -0.2) is 0 Å². The Balaban J connectivity index is 2.64. The van der Waals surface area contributed by atoms with Crippen LogP contribution in [0.3, 0.4) is 0 Å². The monoisotopic (exact) mass is 192 g/mol. The van der Waals surface area contributed by atoms with Crippen LogP contribution in [-0.2, 0) is 19.1 Å². The summed E-state index contributed by atoms with van der Waals surface area (Å²) in [6, 6.07) is 0. The zero-order valence-electron chi connectivity index (χ0n) is 6.95. The zero-order chi connectivity index (χ0) is 9.19. The van der Waals surface area contributed by atoms with Gasteiger partial charge in [0.15, 0.2) is 0 Å². The average Bonchev–Trinajstić information content (AvgIpc) is 2.32. The molecule has 70 valence electrons. The fourth-order valence-corrected chi connectivity index (χ4v) is 2.78. The highest BCUT2D eigenvalue weighted by molar-refractivity contribution is 7.87. The topological polar surface area (TPSA) is 60.4 Å². The minimum Gasteiger partial charge on any atom is -0.346 e. The van der Waals surface area contributed by atoms with Crippen LogP contribution in [0.15, 0.2) is 0 Å². The lowest BCUT2D eigenvalue weighted by molar-refractivity contribution is -0.131. The largest absolute Gasteiger partial charge is 0.346 e. The van der Waals surface area contributed by atoms with Gasteiger partial charge < -0.3 is 4.18 Å². The summed E-state index contributed by atoms with van der Waals surface area (Å²) in [5.74, 6) is -0.748. The van der Waals surface area contributed by atoms with Crippen molar-refractivity contribution in [3.05, 3.63) is 0 Å². The summed E-state index contributed by atoms with van der Waals surface area (Å²) < 4.78 is 26.7. The molecule has 1 fully saturated rings. The van der Waals surface area contributed by atoms with Crippen LogP contribution in [0.1, 0.15) is 32.6 Å². The molecule has 0 N–H and O–H groups in total. The van der Waals surface area contributed by atoms with Crippen molar-refractivity contribution in [1.29, 1.82) is 0 Å². The van der Waals surface area contributed by atoms with Gasteiger partial charge in [0.25, 0.3) is 0 Å². The van der Waals surface area contributed by atoms with E-state index >= 15 is 0 Å². The molecule has 0 unspecified atom stereocenters. The maximum atomic E-state index is 11.2. The Labute approximate surface area is 72.0 Å². The van der Waals surface area contributed by atoms with Crippen LogP contribution in [0.2, 0.25) is 0 Å². The SMILES string of the molecule is CC(=O)OS(=O)(=O)C1CCCC1. The predicted octanol–water partition coefficient (Wildman–Crippen LogP) is 0.822. The molecule has 0 atom stereocenters. The quantitative estimate of drug-likeness (QED) is 0.608. The van der Waals surface area contributed by atoms with Crippen LogP contribution in [-0.4, -0.2) is 19.6 Å². The van der Waals surface area contributed by atoms with E-state index < -0.39 is 21.3 Å². The molecule has 0 heterocycles. The fourth-order valence-electron chi connectivity index (χ4n) is 1.41. The summed E-state index contributed by atoms with van der Waals surface area (Å²) in [5.41, 5.74) is 0. The van der Waals surface area contributed by atoms with Crippen molar-refractivity contribution < 1.29 is 17.4 Å². The molecule has 5 heteroatoms. The number of carbonyl (C=O) groups excluding carboxylic acids is 1. The highest BCUT2D eigenvalue weighted by atomic mass is 32.2. The average molecular weight is 192 g/mol. The Bertz CT molecular complexity index is 261. The smallest absolute Gasteiger partial charge is 0.319 e. The van der Waals surface area contributed by atoms with Gasteiger partial charge in [-0.05, 0) is 12.8 Å². The van der Waals surface area contributed by atoms with Crippen molar-refractivity contribution in [2.75, 3.05) is 0 Å². The second-order valence-corrected chi connectivity index (χ2v) is 4.79. The maximum absolute atomic E-state index is 11.2. The van der Waals surface area contributed by atoms with Crippen LogP contribution in [0.25, 0.3) is 0 Å². The molecule has 0 spiro atoms. The molecule has 1 aliphatic rings. The Morgan fingerprint density at radius 1 is 1.33 bits per heavy atom. The van der Waals surface area contributed by atoms with Gasteiger partial charge in [0.1, 0.15) is 0 Å². The summed E-state index contributed by atoms with van der Waals surface area (Å²) in [5, 5.41) is -0.457. The second-order valence-electron chi connectivity index (χ2n) is 2.97. The van der Waals surface area contributed by atoms with Gasteiger partial charge in [-0.2, -0.15) is 8.42 Å². The predicted molar refractivity (Wildman–Crippen MR) is 42.9 cm³/mol. The molecular formula is C7H12O4S. The first-order valence-electron chi connectivity index (χ1n) is 3.96. The minimum atomic E-state index is -3.61. The molecule has 0 bridgehead atoms. The van der Waals surface area contributed by atoms with E-state index in [0.29, 0.717) is 12.8 Å². The molecule has 0 aromatic heterocycles. The molecular weight excluding hydrogens is 180 g/mol. The highest BCUT2D eigenvalue weighted by Crippen LogP contribution is 2.25. The third-order valence-electron chi connectivity index (χ3n) is 1.94. The lowest BCUT2D eigenvalue weighted by Crippen LogP contribution is -2.22. The standard InChI is InChI=1S/C7H12O4S/c1-6(8)11-12(9,10)7-4-2-3-5-7/h7H,2-5H2,1H3. The van der Waals surface area contributed by atoms with E-state index in [1.54, 1.807) is 0 Å². The summed E-state index contributed by atoms with van der Waals surface area (Å²) in [6.45, 7) is 1.10. The van der Waals surface area contributed by atoms with Crippen LogP contribution in [0.5, 0.6) is 0 Å². The zero-order valence-corrected chi connectivity index (χ0v) is 7.76. The molecule has 0 aromatic carbocycles. The number of hydrogen-bond donors (Lipinski definition) is 0. The fraction of sp³-hybridized carbons (Fsp3) is 0.857. The molecule has 0 aliphatic heterocycles. The van der Waals surface area contributed by atoms with Crippen LogP contribution in [0, 0.1) is 0 Å². The van der Waals surface area contributed by atoms with Crippen molar-refractivity contribution >= 4 is 16.1 Å². The van der Waals surface area contributed by atoms with E-state index in [-0.39, 0.29) is 0 Å². The Kier molecular flexibility index (Phi) is 2.72. The molecule has 1 saturated carbocycles. The van der Waals surface area contributed by atoms with Crippen molar-refractivity contribution in [3.63, 3.8) is 0 Å². The van der Waals surface area contributed by atoms with Crippen molar-refractivity contribution in [2.24, 2.45) is 0 Å². The van der Waals surface area contributed by atoms with Crippen molar-refractivity contribution in [3.8, 4) is 0 Å². The van der Waals surface area contributed by atoms with E-state index in [2.05, 4.69) is 4.18 Å². The van der Waals surface area contributed by atoms with Gasteiger partial charge >= 0.3 is 16.1 Å². The molecule has 0 radical (unpaired) electrons. The lowest BCUT2D eigenvalue weighted by Gasteiger charge is -2.08. The van der Waals surface area contributed by atoms with Crippen molar-refractivity contribution in [2.45, 2.75) is 37.9 Å². The first-order valence-corrected chi connectivity index (χ1v) is 5.43. The number of carbonyl (C=O) groups is 1.